The Bertz CT molecular complexity index is 343. The van der Waals surface area contributed by atoms with Crippen molar-refractivity contribution in [2.75, 3.05) is 19.7 Å². The molecule has 88 valence electrons. The van der Waals surface area contributed by atoms with Crippen LogP contribution in [0.5, 0.6) is 5.75 Å². The molecule has 1 fully saturated rings. The van der Waals surface area contributed by atoms with Gasteiger partial charge in [-0.1, -0.05) is 6.07 Å². The van der Waals surface area contributed by atoms with Crippen LogP contribution in [0.15, 0.2) is 18.2 Å². The molecule has 1 aliphatic rings. The summed E-state index contributed by atoms with van der Waals surface area (Å²) in [5.74, 6) is 1.74. The average Bonchev–Trinajstić information content (AvgIpc) is 2.32. The van der Waals surface area contributed by atoms with Crippen molar-refractivity contribution in [2.45, 2.75) is 26.7 Å². The Morgan fingerprint density at radius 1 is 1.19 bits per heavy atom. The predicted octanol–water partition coefficient (Wildman–Crippen LogP) is 2.68. The molecule has 0 aromatic heterocycles. The molecule has 1 saturated heterocycles. The van der Waals surface area contributed by atoms with Crippen molar-refractivity contribution in [1.29, 1.82) is 0 Å². The van der Waals surface area contributed by atoms with Gasteiger partial charge in [-0.05, 0) is 69.0 Å². The van der Waals surface area contributed by atoms with Gasteiger partial charge in [-0.3, -0.25) is 0 Å². The average molecular weight is 219 g/mol. The lowest BCUT2D eigenvalue weighted by Gasteiger charge is -2.22. The lowest BCUT2D eigenvalue weighted by molar-refractivity contribution is 0.215. The summed E-state index contributed by atoms with van der Waals surface area (Å²) in [6, 6.07) is 6.34. The van der Waals surface area contributed by atoms with Gasteiger partial charge in [0, 0.05) is 0 Å². The monoisotopic (exact) mass is 219 g/mol. The largest absolute Gasteiger partial charge is 0.493 e. The minimum Gasteiger partial charge on any atom is -0.493 e. The van der Waals surface area contributed by atoms with E-state index in [1.165, 1.54) is 24.0 Å². The smallest absolute Gasteiger partial charge is 0.119 e. The maximum Gasteiger partial charge on any atom is 0.119 e. The van der Waals surface area contributed by atoms with Crippen LogP contribution < -0.4 is 10.1 Å². The van der Waals surface area contributed by atoms with E-state index in [-0.39, 0.29) is 0 Å². The Kier molecular flexibility index (Phi) is 3.83. The van der Waals surface area contributed by atoms with Gasteiger partial charge in [0.2, 0.25) is 0 Å². The molecule has 2 heteroatoms. The predicted molar refractivity (Wildman–Crippen MR) is 67.0 cm³/mol. The number of aryl methyl sites for hydroxylation is 2. The van der Waals surface area contributed by atoms with Crippen LogP contribution in [-0.4, -0.2) is 19.7 Å². The Balaban J connectivity index is 1.86. The fourth-order valence-corrected chi connectivity index (χ4v) is 2.07. The number of benzene rings is 1. The highest BCUT2D eigenvalue weighted by molar-refractivity contribution is 5.33. The number of rotatable bonds is 3. The summed E-state index contributed by atoms with van der Waals surface area (Å²) in [5, 5.41) is 3.37. The van der Waals surface area contributed by atoms with Crippen LogP contribution in [0.2, 0.25) is 0 Å². The molecule has 2 nitrogen and oxygen atoms in total. The van der Waals surface area contributed by atoms with E-state index in [0.717, 1.165) is 31.4 Å². The summed E-state index contributed by atoms with van der Waals surface area (Å²) in [6.45, 7) is 7.41. The van der Waals surface area contributed by atoms with Crippen LogP contribution in [0, 0.1) is 19.8 Å². The molecule has 1 aromatic carbocycles. The van der Waals surface area contributed by atoms with Crippen molar-refractivity contribution in [3.8, 4) is 5.75 Å². The number of nitrogens with one attached hydrogen (secondary N) is 1. The van der Waals surface area contributed by atoms with Gasteiger partial charge in [0.1, 0.15) is 5.75 Å². The van der Waals surface area contributed by atoms with Gasteiger partial charge in [0.15, 0.2) is 0 Å². The quantitative estimate of drug-likeness (QED) is 0.844. The SMILES string of the molecule is Cc1ccc(OCC2CCNCC2)cc1C. The number of piperidine rings is 1. The Morgan fingerprint density at radius 3 is 2.62 bits per heavy atom. The van der Waals surface area contributed by atoms with Gasteiger partial charge in [-0.15, -0.1) is 0 Å². The van der Waals surface area contributed by atoms with Crippen LogP contribution >= 0.6 is 0 Å². The van der Waals surface area contributed by atoms with Crippen LogP contribution in [0.3, 0.4) is 0 Å². The lowest BCUT2D eigenvalue weighted by atomic mass is 9.99. The van der Waals surface area contributed by atoms with Crippen molar-refractivity contribution >= 4 is 0 Å². The molecular weight excluding hydrogens is 198 g/mol. The Morgan fingerprint density at radius 2 is 1.94 bits per heavy atom. The molecule has 1 N–H and O–H groups in total. The van der Waals surface area contributed by atoms with Gasteiger partial charge in [-0.2, -0.15) is 0 Å². The van der Waals surface area contributed by atoms with Crippen molar-refractivity contribution in [1.82, 2.24) is 5.32 Å². The molecule has 2 rings (SSSR count). The maximum absolute atomic E-state index is 5.85. The molecule has 0 amide bonds. The first-order valence-corrected chi connectivity index (χ1v) is 6.16. The van der Waals surface area contributed by atoms with Gasteiger partial charge in [0.25, 0.3) is 0 Å². The summed E-state index contributed by atoms with van der Waals surface area (Å²) in [6.07, 6.45) is 2.48. The van der Waals surface area contributed by atoms with Crippen LogP contribution in [0.4, 0.5) is 0 Å². The van der Waals surface area contributed by atoms with Crippen molar-refractivity contribution in [3.05, 3.63) is 29.3 Å². The topological polar surface area (TPSA) is 21.3 Å². The standard InChI is InChI=1S/C14H21NO/c1-11-3-4-14(9-12(11)2)16-10-13-5-7-15-8-6-13/h3-4,9,13,15H,5-8,10H2,1-2H3. The highest BCUT2D eigenvalue weighted by Gasteiger charge is 2.13. The molecule has 0 bridgehead atoms. The number of hydrogen-bond donors (Lipinski definition) is 1. The summed E-state index contributed by atoms with van der Waals surface area (Å²) in [7, 11) is 0. The van der Waals surface area contributed by atoms with Gasteiger partial charge in [0.05, 0.1) is 6.61 Å². The molecule has 0 aliphatic carbocycles. The van der Waals surface area contributed by atoms with Crippen molar-refractivity contribution < 1.29 is 4.74 Å². The molecule has 1 heterocycles. The second-order valence-corrected chi connectivity index (χ2v) is 4.75. The third-order valence-electron chi connectivity index (χ3n) is 3.42. The van der Waals surface area contributed by atoms with Gasteiger partial charge < -0.3 is 10.1 Å². The first kappa shape index (κ1) is 11.5. The Labute approximate surface area is 98.0 Å². The molecule has 1 aliphatic heterocycles. The summed E-state index contributed by atoms with van der Waals surface area (Å²) < 4.78 is 5.85. The normalized spacial score (nSPS) is 17.4. The highest BCUT2D eigenvalue weighted by atomic mass is 16.5. The summed E-state index contributed by atoms with van der Waals surface area (Å²) in [5.41, 5.74) is 2.64. The third-order valence-corrected chi connectivity index (χ3v) is 3.42. The molecule has 1 aromatic rings. The lowest BCUT2D eigenvalue weighted by Crippen LogP contribution is -2.30. The highest BCUT2D eigenvalue weighted by Crippen LogP contribution is 2.19. The molecular formula is C14H21NO. The molecule has 0 atom stereocenters. The van der Waals surface area contributed by atoms with E-state index >= 15 is 0 Å². The molecule has 0 saturated carbocycles. The zero-order valence-corrected chi connectivity index (χ0v) is 10.3. The molecule has 0 spiro atoms. The molecule has 16 heavy (non-hydrogen) atoms. The van der Waals surface area contributed by atoms with Crippen LogP contribution in [0.25, 0.3) is 0 Å². The van der Waals surface area contributed by atoms with Crippen molar-refractivity contribution in [3.63, 3.8) is 0 Å². The Hall–Kier alpha value is -1.02. The van der Waals surface area contributed by atoms with E-state index in [2.05, 4.69) is 37.4 Å². The second-order valence-electron chi connectivity index (χ2n) is 4.75. The summed E-state index contributed by atoms with van der Waals surface area (Å²) >= 11 is 0. The fourth-order valence-electron chi connectivity index (χ4n) is 2.07. The number of hydrogen-bond acceptors (Lipinski definition) is 2. The zero-order valence-electron chi connectivity index (χ0n) is 10.3. The number of ether oxygens (including phenoxy) is 1. The van der Waals surface area contributed by atoms with E-state index in [1.54, 1.807) is 0 Å². The second kappa shape index (κ2) is 5.35. The van der Waals surface area contributed by atoms with Crippen LogP contribution in [0.1, 0.15) is 24.0 Å². The summed E-state index contributed by atoms with van der Waals surface area (Å²) in [4.78, 5) is 0. The van der Waals surface area contributed by atoms with E-state index in [0.29, 0.717) is 0 Å². The van der Waals surface area contributed by atoms with Gasteiger partial charge in [-0.25, -0.2) is 0 Å². The molecule has 0 unspecified atom stereocenters. The first-order valence-electron chi connectivity index (χ1n) is 6.16. The minimum atomic E-state index is 0.725. The van der Waals surface area contributed by atoms with Gasteiger partial charge >= 0.3 is 0 Å². The van der Waals surface area contributed by atoms with Crippen LogP contribution in [-0.2, 0) is 0 Å². The maximum atomic E-state index is 5.85. The van der Waals surface area contributed by atoms with E-state index < -0.39 is 0 Å². The fraction of sp³-hybridized carbons (Fsp3) is 0.571. The molecule has 0 radical (unpaired) electrons. The van der Waals surface area contributed by atoms with Crippen molar-refractivity contribution in [2.24, 2.45) is 5.92 Å². The van der Waals surface area contributed by atoms with E-state index in [4.69, 9.17) is 4.74 Å². The van der Waals surface area contributed by atoms with E-state index in [9.17, 15) is 0 Å². The first-order chi connectivity index (χ1) is 7.75. The third kappa shape index (κ3) is 2.99. The zero-order chi connectivity index (χ0) is 11.4. The minimum absolute atomic E-state index is 0.725. The van der Waals surface area contributed by atoms with E-state index in [1.807, 2.05) is 0 Å².